The summed E-state index contributed by atoms with van der Waals surface area (Å²) >= 11 is 0. The summed E-state index contributed by atoms with van der Waals surface area (Å²) in [6, 6.07) is 9.64. The van der Waals surface area contributed by atoms with Crippen molar-refractivity contribution in [2.75, 3.05) is 7.11 Å². The van der Waals surface area contributed by atoms with E-state index < -0.39 is 15.8 Å². The highest BCUT2D eigenvalue weighted by Crippen LogP contribution is 2.29. The SMILES string of the molecule is COc1ccc(C=C2N=C(c3cccc([N+](=O)[O-])c3)OC2=O)cc1[N+](=O)[O-]. The highest BCUT2D eigenvalue weighted by atomic mass is 16.6. The number of carbonyl (C=O) groups excluding carboxylic acids is 1. The van der Waals surface area contributed by atoms with Gasteiger partial charge in [-0.1, -0.05) is 12.1 Å². The number of rotatable bonds is 5. The Balaban J connectivity index is 1.97. The van der Waals surface area contributed by atoms with Gasteiger partial charge in [0.2, 0.25) is 5.90 Å². The highest BCUT2D eigenvalue weighted by Gasteiger charge is 2.25. The van der Waals surface area contributed by atoms with Crippen molar-refractivity contribution in [1.29, 1.82) is 0 Å². The molecule has 0 amide bonds. The molecule has 0 aliphatic carbocycles. The van der Waals surface area contributed by atoms with Gasteiger partial charge in [0.25, 0.3) is 5.69 Å². The van der Waals surface area contributed by atoms with E-state index in [2.05, 4.69) is 4.99 Å². The van der Waals surface area contributed by atoms with Gasteiger partial charge in [-0.25, -0.2) is 9.79 Å². The maximum absolute atomic E-state index is 12.0. The Morgan fingerprint density at radius 2 is 1.89 bits per heavy atom. The molecular formula is C17H11N3O7. The van der Waals surface area contributed by atoms with Crippen LogP contribution in [0.1, 0.15) is 11.1 Å². The number of ether oxygens (including phenoxy) is 2. The van der Waals surface area contributed by atoms with Gasteiger partial charge < -0.3 is 9.47 Å². The van der Waals surface area contributed by atoms with E-state index in [1.165, 1.54) is 55.7 Å². The van der Waals surface area contributed by atoms with Crippen molar-refractivity contribution in [3.05, 3.63) is 79.5 Å². The van der Waals surface area contributed by atoms with Crippen LogP contribution in [0, 0.1) is 20.2 Å². The molecule has 27 heavy (non-hydrogen) atoms. The van der Waals surface area contributed by atoms with Crippen LogP contribution in [0.5, 0.6) is 5.75 Å². The van der Waals surface area contributed by atoms with Crippen molar-refractivity contribution in [2.24, 2.45) is 4.99 Å². The van der Waals surface area contributed by atoms with Crippen molar-refractivity contribution in [3.8, 4) is 5.75 Å². The zero-order valence-corrected chi connectivity index (χ0v) is 13.8. The average molecular weight is 369 g/mol. The van der Waals surface area contributed by atoms with Gasteiger partial charge in [-0.05, 0) is 23.8 Å². The Morgan fingerprint density at radius 3 is 2.56 bits per heavy atom. The largest absolute Gasteiger partial charge is 0.490 e. The standard InChI is InChI=1S/C17H11N3O7/c1-26-15-6-5-10(8-14(15)20(24)25)7-13-17(21)27-16(18-13)11-3-2-4-12(9-11)19(22)23/h2-9H,1H3. The van der Waals surface area contributed by atoms with Gasteiger partial charge >= 0.3 is 11.7 Å². The van der Waals surface area contributed by atoms with Gasteiger partial charge in [0.1, 0.15) is 0 Å². The van der Waals surface area contributed by atoms with Gasteiger partial charge in [-0.3, -0.25) is 20.2 Å². The van der Waals surface area contributed by atoms with Crippen LogP contribution in [0.2, 0.25) is 0 Å². The van der Waals surface area contributed by atoms with E-state index in [0.29, 0.717) is 5.56 Å². The number of carbonyl (C=O) groups is 1. The van der Waals surface area contributed by atoms with Crippen molar-refractivity contribution in [3.63, 3.8) is 0 Å². The lowest BCUT2D eigenvalue weighted by Crippen LogP contribution is -2.05. The molecule has 0 unspecified atom stereocenters. The molecule has 10 nitrogen and oxygen atoms in total. The molecule has 136 valence electrons. The molecule has 3 rings (SSSR count). The number of nitro benzene ring substituents is 2. The second-order valence-corrected chi connectivity index (χ2v) is 5.33. The molecule has 1 aliphatic rings. The van der Waals surface area contributed by atoms with Crippen LogP contribution in [0.3, 0.4) is 0 Å². The van der Waals surface area contributed by atoms with Crippen LogP contribution in [0.25, 0.3) is 6.08 Å². The lowest BCUT2D eigenvalue weighted by atomic mass is 10.1. The molecular weight excluding hydrogens is 358 g/mol. The smallest absolute Gasteiger partial charge is 0.363 e. The lowest BCUT2D eigenvalue weighted by molar-refractivity contribution is -0.385. The summed E-state index contributed by atoms with van der Waals surface area (Å²) in [7, 11) is 1.31. The predicted molar refractivity (Wildman–Crippen MR) is 93.4 cm³/mol. The van der Waals surface area contributed by atoms with Crippen molar-refractivity contribution in [2.45, 2.75) is 0 Å². The quantitative estimate of drug-likeness (QED) is 0.342. The molecule has 1 aliphatic heterocycles. The maximum Gasteiger partial charge on any atom is 0.363 e. The molecule has 0 saturated heterocycles. The first kappa shape index (κ1) is 17.7. The minimum Gasteiger partial charge on any atom is -0.490 e. The van der Waals surface area contributed by atoms with E-state index in [4.69, 9.17) is 9.47 Å². The molecule has 0 spiro atoms. The number of esters is 1. The molecule has 0 saturated carbocycles. The van der Waals surface area contributed by atoms with Gasteiger partial charge in [0.15, 0.2) is 11.4 Å². The minimum absolute atomic E-state index is 0.0805. The third-order valence-electron chi connectivity index (χ3n) is 3.63. The van der Waals surface area contributed by atoms with E-state index >= 15 is 0 Å². The first-order chi connectivity index (χ1) is 12.9. The molecule has 2 aromatic rings. The fourth-order valence-electron chi connectivity index (χ4n) is 2.38. The number of nitro groups is 2. The monoisotopic (exact) mass is 369 g/mol. The van der Waals surface area contributed by atoms with Crippen molar-refractivity contribution < 1.29 is 24.1 Å². The van der Waals surface area contributed by atoms with Crippen LogP contribution in [-0.2, 0) is 9.53 Å². The molecule has 0 bridgehead atoms. The molecule has 0 N–H and O–H groups in total. The van der Waals surface area contributed by atoms with Crippen LogP contribution in [-0.4, -0.2) is 28.8 Å². The number of benzene rings is 2. The second kappa shape index (κ2) is 7.04. The Bertz CT molecular complexity index is 1030. The maximum atomic E-state index is 12.0. The lowest BCUT2D eigenvalue weighted by Gasteiger charge is -2.02. The summed E-state index contributed by atoms with van der Waals surface area (Å²) in [6.07, 6.45) is 1.32. The zero-order valence-electron chi connectivity index (χ0n) is 13.8. The van der Waals surface area contributed by atoms with Crippen LogP contribution in [0.4, 0.5) is 11.4 Å². The Labute approximate surface area is 151 Å². The van der Waals surface area contributed by atoms with Crippen LogP contribution in [0.15, 0.2) is 53.2 Å². The number of hydrogen-bond donors (Lipinski definition) is 0. The molecule has 0 aromatic heterocycles. The van der Waals surface area contributed by atoms with Gasteiger partial charge in [0.05, 0.1) is 17.0 Å². The fraction of sp³-hybridized carbons (Fsp3) is 0.0588. The topological polar surface area (TPSA) is 134 Å². The van der Waals surface area contributed by atoms with Gasteiger partial charge in [-0.15, -0.1) is 0 Å². The summed E-state index contributed by atoms with van der Waals surface area (Å²) < 4.78 is 9.97. The molecule has 0 radical (unpaired) electrons. The van der Waals surface area contributed by atoms with Crippen LogP contribution < -0.4 is 4.74 Å². The van der Waals surface area contributed by atoms with E-state index in [1.54, 1.807) is 0 Å². The normalized spacial score (nSPS) is 14.6. The van der Waals surface area contributed by atoms with Crippen molar-refractivity contribution in [1.82, 2.24) is 0 Å². The first-order valence-corrected chi connectivity index (χ1v) is 7.49. The number of aliphatic imine (C=N–C) groups is 1. The molecule has 0 atom stereocenters. The predicted octanol–water partition coefficient (Wildman–Crippen LogP) is 2.86. The van der Waals surface area contributed by atoms with Crippen LogP contribution >= 0.6 is 0 Å². The Kier molecular flexibility index (Phi) is 4.62. The average Bonchev–Trinajstić information content (AvgIpc) is 3.02. The third-order valence-corrected chi connectivity index (χ3v) is 3.63. The molecule has 1 heterocycles. The summed E-state index contributed by atoms with van der Waals surface area (Å²) in [6.45, 7) is 0. The van der Waals surface area contributed by atoms with E-state index in [0.717, 1.165) is 0 Å². The van der Waals surface area contributed by atoms with Gasteiger partial charge in [-0.2, -0.15) is 0 Å². The molecule has 0 fully saturated rings. The number of nitrogens with zero attached hydrogens (tertiary/aromatic N) is 3. The number of hydrogen-bond acceptors (Lipinski definition) is 8. The summed E-state index contributed by atoms with van der Waals surface area (Å²) in [4.78, 5) is 36.8. The summed E-state index contributed by atoms with van der Waals surface area (Å²) in [5.74, 6) is -0.773. The van der Waals surface area contributed by atoms with E-state index in [1.807, 2.05) is 0 Å². The second-order valence-electron chi connectivity index (χ2n) is 5.33. The first-order valence-electron chi connectivity index (χ1n) is 7.49. The van der Waals surface area contributed by atoms with Crippen molar-refractivity contribution >= 4 is 29.3 Å². The summed E-state index contributed by atoms with van der Waals surface area (Å²) in [5.41, 5.74) is 0.0895. The Morgan fingerprint density at radius 1 is 1.11 bits per heavy atom. The summed E-state index contributed by atoms with van der Waals surface area (Å²) in [5, 5.41) is 21.9. The third kappa shape index (κ3) is 3.63. The zero-order chi connectivity index (χ0) is 19.6. The van der Waals surface area contributed by atoms with Gasteiger partial charge in [0, 0.05) is 23.8 Å². The number of non-ortho nitro benzene ring substituents is 1. The van der Waals surface area contributed by atoms with E-state index in [-0.39, 0.29) is 34.3 Å². The van der Waals surface area contributed by atoms with E-state index in [9.17, 15) is 25.0 Å². The fourth-order valence-corrected chi connectivity index (χ4v) is 2.38. The number of methoxy groups -OCH3 is 1. The minimum atomic E-state index is -0.769. The highest BCUT2D eigenvalue weighted by molar-refractivity contribution is 6.13. The number of cyclic esters (lactones) is 1. The molecule has 10 heteroatoms. The molecule has 2 aromatic carbocycles. The Hall–Kier alpha value is -4.08.